The molecule has 1 aromatic carbocycles. The summed E-state index contributed by atoms with van der Waals surface area (Å²) in [5, 5.41) is 18.3. The Labute approximate surface area is 126 Å². The highest BCUT2D eigenvalue weighted by molar-refractivity contribution is 7.92. The highest BCUT2D eigenvalue weighted by Crippen LogP contribution is 2.48. The van der Waals surface area contributed by atoms with Gasteiger partial charge in [0.05, 0.1) is 11.3 Å². The molecule has 0 saturated carbocycles. The first-order chi connectivity index (χ1) is 10.3. The molecule has 1 aliphatic carbocycles. The summed E-state index contributed by atoms with van der Waals surface area (Å²) >= 11 is 0. The lowest BCUT2D eigenvalue weighted by Gasteiger charge is -2.17. The van der Waals surface area contributed by atoms with Crippen molar-refractivity contribution < 1.29 is 45.4 Å². The van der Waals surface area contributed by atoms with E-state index in [0.29, 0.717) is 6.07 Å². The van der Waals surface area contributed by atoms with Crippen molar-refractivity contribution in [2.75, 3.05) is 0 Å². The number of carboxylic acid groups (broad SMARTS) is 1. The van der Waals surface area contributed by atoms with E-state index < -0.39 is 62.2 Å². The highest BCUT2D eigenvalue weighted by atomic mass is 32.2. The molecule has 128 valence electrons. The number of aliphatic carboxylic acids is 1. The summed E-state index contributed by atoms with van der Waals surface area (Å²) < 4.78 is 88.3. The van der Waals surface area contributed by atoms with Gasteiger partial charge < -0.3 is 10.2 Å². The van der Waals surface area contributed by atoms with Crippen LogP contribution >= 0.6 is 0 Å². The Morgan fingerprint density at radius 2 is 1.87 bits per heavy atom. The number of benzene rings is 1. The second kappa shape index (κ2) is 5.13. The van der Waals surface area contributed by atoms with Crippen LogP contribution in [-0.2, 0) is 27.5 Å². The summed E-state index contributed by atoms with van der Waals surface area (Å²) in [5.74, 6) is -5.34. The molecular formula is C12H9F5O5S. The van der Waals surface area contributed by atoms with E-state index in [1.807, 2.05) is 0 Å². The predicted octanol–water partition coefficient (Wildman–Crippen LogP) is 1.83. The zero-order valence-electron chi connectivity index (χ0n) is 11.1. The summed E-state index contributed by atoms with van der Waals surface area (Å²) in [5.41, 5.74) is -7.70. The second-order valence-corrected chi connectivity index (χ2v) is 6.88. The Morgan fingerprint density at radius 3 is 2.35 bits per heavy atom. The maximum absolute atomic E-state index is 13.6. The highest BCUT2D eigenvalue weighted by Gasteiger charge is 2.54. The van der Waals surface area contributed by atoms with Crippen molar-refractivity contribution >= 4 is 15.8 Å². The van der Waals surface area contributed by atoms with Gasteiger partial charge in [-0.1, -0.05) is 6.07 Å². The topological polar surface area (TPSA) is 91.7 Å². The van der Waals surface area contributed by atoms with Crippen LogP contribution < -0.4 is 0 Å². The molecule has 23 heavy (non-hydrogen) atoms. The van der Waals surface area contributed by atoms with Gasteiger partial charge in [0.15, 0.2) is 0 Å². The third kappa shape index (κ3) is 2.78. The van der Waals surface area contributed by atoms with Crippen molar-refractivity contribution in [1.29, 1.82) is 0 Å². The fourth-order valence-corrected chi connectivity index (χ4v) is 3.45. The molecule has 0 saturated heterocycles. The molecule has 0 spiro atoms. The molecule has 0 aliphatic heterocycles. The number of alkyl halides is 5. The first-order valence-electron chi connectivity index (χ1n) is 6.02. The largest absolute Gasteiger partial charge is 0.501 e. The van der Waals surface area contributed by atoms with Crippen LogP contribution in [0.25, 0.3) is 0 Å². The molecule has 11 heteroatoms. The maximum atomic E-state index is 13.6. The molecule has 0 aromatic heterocycles. The van der Waals surface area contributed by atoms with E-state index in [0.717, 1.165) is 6.07 Å². The number of sulfone groups is 1. The Morgan fingerprint density at radius 1 is 1.30 bits per heavy atom. The molecule has 0 bridgehead atoms. The zero-order valence-corrected chi connectivity index (χ0v) is 11.9. The van der Waals surface area contributed by atoms with Crippen molar-refractivity contribution in [3.05, 3.63) is 28.8 Å². The minimum atomic E-state index is -5.97. The molecule has 5 nitrogen and oxygen atoms in total. The number of halogens is 5. The first-order valence-corrected chi connectivity index (χ1v) is 7.51. The van der Waals surface area contributed by atoms with Gasteiger partial charge in [0.25, 0.3) is 15.8 Å². The number of hydrogen-bond acceptors (Lipinski definition) is 4. The van der Waals surface area contributed by atoms with Gasteiger partial charge in [-0.3, -0.25) is 4.79 Å². The Bertz CT molecular complexity index is 769. The van der Waals surface area contributed by atoms with Crippen LogP contribution in [0.3, 0.4) is 0 Å². The lowest BCUT2D eigenvalue weighted by molar-refractivity contribution is -0.136. The van der Waals surface area contributed by atoms with Crippen LogP contribution in [0.15, 0.2) is 17.0 Å². The van der Waals surface area contributed by atoms with Crippen LogP contribution in [0.4, 0.5) is 22.0 Å². The number of carbonyl (C=O) groups is 1. The van der Waals surface area contributed by atoms with Gasteiger partial charge in [-0.2, -0.15) is 13.2 Å². The van der Waals surface area contributed by atoms with Gasteiger partial charge in [0.1, 0.15) is 6.10 Å². The summed E-state index contributed by atoms with van der Waals surface area (Å²) in [6, 6.07) is 1.13. The molecule has 1 atom stereocenters. The zero-order chi connectivity index (χ0) is 17.8. The fourth-order valence-electron chi connectivity index (χ4n) is 2.43. The van der Waals surface area contributed by atoms with E-state index in [-0.39, 0.29) is 5.56 Å². The van der Waals surface area contributed by atoms with Crippen molar-refractivity contribution in [3.63, 3.8) is 0 Å². The molecule has 0 amide bonds. The van der Waals surface area contributed by atoms with Crippen molar-refractivity contribution in [3.8, 4) is 0 Å². The summed E-state index contributed by atoms with van der Waals surface area (Å²) in [7, 11) is -5.97. The molecular weight excluding hydrogens is 351 g/mol. The van der Waals surface area contributed by atoms with Crippen LogP contribution in [0.2, 0.25) is 0 Å². The SMILES string of the molecule is O=C(O)Cc1ccc(S(=O)(=O)C(F)(F)F)c2c1CC(F)(F)C2O. The standard InChI is InChI=1S/C12H9F5O5S/c13-11(14)4-6-5(3-8(18)19)1-2-7(9(6)10(11)20)23(21,22)12(15,16)17/h1-2,10,20H,3-4H2,(H,18,19). The average molecular weight is 360 g/mol. The molecule has 0 heterocycles. The number of aliphatic hydroxyl groups is 1. The Balaban J connectivity index is 2.76. The number of carboxylic acids is 1. The van der Waals surface area contributed by atoms with Crippen LogP contribution in [0.5, 0.6) is 0 Å². The van der Waals surface area contributed by atoms with Crippen molar-refractivity contribution in [2.24, 2.45) is 0 Å². The van der Waals surface area contributed by atoms with Gasteiger partial charge in [0.2, 0.25) is 0 Å². The van der Waals surface area contributed by atoms with E-state index in [1.54, 1.807) is 0 Å². The molecule has 1 unspecified atom stereocenters. The van der Waals surface area contributed by atoms with Gasteiger partial charge >= 0.3 is 11.5 Å². The van der Waals surface area contributed by atoms with Crippen LogP contribution in [0, 0.1) is 0 Å². The second-order valence-electron chi connectivity index (χ2n) is 4.98. The molecule has 1 aromatic rings. The molecule has 1 aliphatic rings. The minimum Gasteiger partial charge on any atom is -0.481 e. The van der Waals surface area contributed by atoms with Gasteiger partial charge in [-0.25, -0.2) is 17.2 Å². The molecule has 0 radical (unpaired) electrons. The molecule has 0 fully saturated rings. The van der Waals surface area contributed by atoms with E-state index >= 15 is 0 Å². The Hall–Kier alpha value is -1.75. The molecule has 2 rings (SSSR count). The normalized spacial score (nSPS) is 20.3. The lowest BCUT2D eigenvalue weighted by atomic mass is 10.0. The van der Waals surface area contributed by atoms with Crippen LogP contribution in [0.1, 0.15) is 22.8 Å². The summed E-state index contributed by atoms with van der Waals surface area (Å²) in [6.07, 6.45) is -4.80. The lowest BCUT2D eigenvalue weighted by Crippen LogP contribution is -2.26. The number of aliphatic hydroxyl groups excluding tert-OH is 1. The Kier molecular flexibility index (Phi) is 3.93. The van der Waals surface area contributed by atoms with E-state index in [1.165, 1.54) is 0 Å². The maximum Gasteiger partial charge on any atom is 0.501 e. The third-order valence-electron chi connectivity index (χ3n) is 3.44. The van der Waals surface area contributed by atoms with E-state index in [4.69, 9.17) is 5.11 Å². The molecule has 2 N–H and O–H groups in total. The number of fused-ring (bicyclic) bond motifs is 1. The smallest absolute Gasteiger partial charge is 0.481 e. The number of hydrogen-bond donors (Lipinski definition) is 2. The van der Waals surface area contributed by atoms with Crippen LogP contribution in [-0.4, -0.2) is 36.0 Å². The van der Waals surface area contributed by atoms with E-state index in [9.17, 15) is 40.3 Å². The summed E-state index contributed by atoms with van der Waals surface area (Å²) in [4.78, 5) is 9.22. The average Bonchev–Trinajstić information content (AvgIpc) is 2.60. The van der Waals surface area contributed by atoms with Crippen molar-refractivity contribution in [1.82, 2.24) is 0 Å². The van der Waals surface area contributed by atoms with Gasteiger partial charge in [0, 0.05) is 12.0 Å². The fraction of sp³-hybridized carbons (Fsp3) is 0.417. The van der Waals surface area contributed by atoms with E-state index in [2.05, 4.69) is 0 Å². The minimum absolute atomic E-state index is 0.273. The van der Waals surface area contributed by atoms with Gasteiger partial charge in [-0.15, -0.1) is 0 Å². The predicted molar refractivity (Wildman–Crippen MR) is 64.6 cm³/mol. The van der Waals surface area contributed by atoms with Crippen molar-refractivity contribution in [2.45, 2.75) is 35.3 Å². The monoisotopic (exact) mass is 360 g/mol. The first kappa shape index (κ1) is 17.6. The van der Waals surface area contributed by atoms with Gasteiger partial charge in [-0.05, 0) is 17.2 Å². The quantitative estimate of drug-likeness (QED) is 0.803. The summed E-state index contributed by atoms with van der Waals surface area (Å²) in [6.45, 7) is 0. The third-order valence-corrected chi connectivity index (χ3v) is 4.98. The number of rotatable bonds is 3.